The third-order valence-corrected chi connectivity index (χ3v) is 3.89. The fraction of sp³-hybridized carbons (Fsp3) is 0.727. The summed E-state index contributed by atoms with van der Waals surface area (Å²) in [4.78, 5) is 18.1. The molecule has 94 valence electrons. The van der Waals surface area contributed by atoms with Gasteiger partial charge in [-0.3, -0.25) is 4.79 Å². The third kappa shape index (κ3) is 2.74. The molecule has 0 saturated carbocycles. The van der Waals surface area contributed by atoms with Gasteiger partial charge in [-0.05, 0) is 12.8 Å². The first kappa shape index (κ1) is 12.3. The predicted molar refractivity (Wildman–Crippen MR) is 66.2 cm³/mol. The van der Waals surface area contributed by atoms with Crippen LogP contribution >= 0.6 is 11.5 Å². The molecule has 0 bridgehead atoms. The SMILES string of the molecule is CCc1nsc(N2CCC(C(=O)OC)CC2)n1. The third-order valence-electron chi connectivity index (χ3n) is 3.07. The molecule has 17 heavy (non-hydrogen) atoms. The number of esters is 1. The molecule has 5 nitrogen and oxygen atoms in total. The van der Waals surface area contributed by atoms with Gasteiger partial charge in [0.05, 0.1) is 13.0 Å². The Morgan fingerprint density at radius 3 is 2.76 bits per heavy atom. The van der Waals surface area contributed by atoms with Crippen molar-refractivity contribution in [2.75, 3.05) is 25.1 Å². The monoisotopic (exact) mass is 255 g/mol. The Morgan fingerprint density at radius 2 is 2.24 bits per heavy atom. The number of anilines is 1. The highest BCUT2D eigenvalue weighted by molar-refractivity contribution is 7.09. The lowest BCUT2D eigenvalue weighted by Gasteiger charge is -2.29. The van der Waals surface area contributed by atoms with Crippen LogP contribution in [0.4, 0.5) is 5.13 Å². The lowest BCUT2D eigenvalue weighted by molar-refractivity contribution is -0.146. The first-order valence-electron chi connectivity index (χ1n) is 5.90. The van der Waals surface area contributed by atoms with Gasteiger partial charge >= 0.3 is 5.97 Å². The zero-order valence-electron chi connectivity index (χ0n) is 10.2. The van der Waals surface area contributed by atoms with E-state index in [9.17, 15) is 4.79 Å². The fourth-order valence-electron chi connectivity index (χ4n) is 1.99. The van der Waals surface area contributed by atoms with Gasteiger partial charge in [0, 0.05) is 31.0 Å². The van der Waals surface area contributed by atoms with E-state index in [1.165, 1.54) is 18.6 Å². The second-order valence-corrected chi connectivity index (χ2v) is 4.86. The van der Waals surface area contributed by atoms with E-state index in [0.29, 0.717) is 0 Å². The minimum Gasteiger partial charge on any atom is -0.469 e. The first-order chi connectivity index (χ1) is 8.24. The molecular formula is C11H17N3O2S. The van der Waals surface area contributed by atoms with Gasteiger partial charge in [-0.25, -0.2) is 4.98 Å². The summed E-state index contributed by atoms with van der Waals surface area (Å²) in [5.74, 6) is 0.867. The summed E-state index contributed by atoms with van der Waals surface area (Å²) in [5.41, 5.74) is 0. The van der Waals surface area contributed by atoms with Gasteiger partial charge in [0.15, 0.2) is 0 Å². The van der Waals surface area contributed by atoms with Gasteiger partial charge in [-0.2, -0.15) is 4.37 Å². The minimum atomic E-state index is -0.0869. The number of carbonyl (C=O) groups excluding carboxylic acids is 1. The van der Waals surface area contributed by atoms with Crippen molar-refractivity contribution in [1.29, 1.82) is 0 Å². The molecule has 0 aromatic carbocycles. The molecule has 1 aliphatic heterocycles. The molecule has 0 atom stereocenters. The summed E-state index contributed by atoms with van der Waals surface area (Å²) in [6, 6.07) is 0. The number of methoxy groups -OCH3 is 1. The van der Waals surface area contributed by atoms with Crippen molar-refractivity contribution in [3.8, 4) is 0 Å². The Hall–Kier alpha value is -1.17. The molecule has 1 aromatic rings. The summed E-state index contributed by atoms with van der Waals surface area (Å²) >= 11 is 1.44. The molecule has 1 fully saturated rings. The van der Waals surface area contributed by atoms with Crippen molar-refractivity contribution in [1.82, 2.24) is 9.36 Å². The quantitative estimate of drug-likeness (QED) is 0.766. The topological polar surface area (TPSA) is 55.3 Å². The number of aryl methyl sites for hydroxylation is 1. The van der Waals surface area contributed by atoms with E-state index in [2.05, 4.69) is 21.2 Å². The average Bonchev–Trinajstić information content (AvgIpc) is 2.87. The lowest BCUT2D eigenvalue weighted by Crippen LogP contribution is -2.36. The molecule has 2 rings (SSSR count). The van der Waals surface area contributed by atoms with Gasteiger partial charge in [0.25, 0.3) is 0 Å². The Kier molecular flexibility index (Phi) is 3.93. The zero-order valence-corrected chi connectivity index (χ0v) is 11.0. The molecule has 6 heteroatoms. The van der Waals surface area contributed by atoms with Crippen molar-refractivity contribution < 1.29 is 9.53 Å². The van der Waals surface area contributed by atoms with Crippen LogP contribution in [0.5, 0.6) is 0 Å². The predicted octanol–water partition coefficient (Wildman–Crippen LogP) is 1.49. The Labute approximate surface area is 105 Å². The van der Waals surface area contributed by atoms with E-state index in [4.69, 9.17) is 4.74 Å². The second kappa shape index (κ2) is 5.44. The van der Waals surface area contributed by atoms with Crippen molar-refractivity contribution in [2.45, 2.75) is 26.2 Å². The van der Waals surface area contributed by atoms with Crippen molar-refractivity contribution in [3.63, 3.8) is 0 Å². The molecule has 0 N–H and O–H groups in total. The Balaban J connectivity index is 1.92. The van der Waals surface area contributed by atoms with Crippen LogP contribution in [-0.2, 0) is 16.0 Å². The zero-order chi connectivity index (χ0) is 12.3. The van der Waals surface area contributed by atoms with E-state index in [1.54, 1.807) is 0 Å². The summed E-state index contributed by atoms with van der Waals surface area (Å²) in [7, 11) is 1.45. The second-order valence-electron chi connectivity index (χ2n) is 4.13. The number of hydrogen-bond acceptors (Lipinski definition) is 6. The number of piperidine rings is 1. The van der Waals surface area contributed by atoms with Gasteiger partial charge in [-0.15, -0.1) is 0 Å². The molecule has 2 heterocycles. The van der Waals surface area contributed by atoms with Crippen LogP contribution in [0.3, 0.4) is 0 Å². The van der Waals surface area contributed by atoms with Crippen molar-refractivity contribution in [3.05, 3.63) is 5.82 Å². The normalized spacial score (nSPS) is 17.2. The maximum absolute atomic E-state index is 11.4. The maximum atomic E-state index is 11.4. The molecule has 1 saturated heterocycles. The van der Waals surface area contributed by atoms with E-state index in [-0.39, 0.29) is 11.9 Å². The molecule has 0 aliphatic carbocycles. The molecule has 0 radical (unpaired) electrons. The van der Waals surface area contributed by atoms with Crippen LogP contribution in [0.15, 0.2) is 0 Å². The number of rotatable bonds is 3. The summed E-state index contributed by atoms with van der Waals surface area (Å²) in [5, 5.41) is 0.977. The highest BCUT2D eigenvalue weighted by Gasteiger charge is 2.26. The maximum Gasteiger partial charge on any atom is 0.308 e. The Bertz CT molecular complexity index is 386. The van der Waals surface area contributed by atoms with E-state index >= 15 is 0 Å². The molecule has 1 aromatic heterocycles. The van der Waals surface area contributed by atoms with Crippen LogP contribution in [0, 0.1) is 5.92 Å². The highest BCUT2D eigenvalue weighted by Crippen LogP contribution is 2.25. The van der Waals surface area contributed by atoms with Gasteiger partial charge in [-0.1, -0.05) is 6.92 Å². The van der Waals surface area contributed by atoms with E-state index in [0.717, 1.165) is 43.3 Å². The van der Waals surface area contributed by atoms with Crippen LogP contribution < -0.4 is 4.90 Å². The molecule has 0 amide bonds. The van der Waals surface area contributed by atoms with Crippen LogP contribution in [0.1, 0.15) is 25.6 Å². The van der Waals surface area contributed by atoms with Crippen LogP contribution in [0.25, 0.3) is 0 Å². The number of hydrogen-bond donors (Lipinski definition) is 0. The molecule has 0 spiro atoms. The summed E-state index contributed by atoms with van der Waals surface area (Å²) in [6.45, 7) is 3.77. The largest absolute Gasteiger partial charge is 0.469 e. The average molecular weight is 255 g/mol. The van der Waals surface area contributed by atoms with Gasteiger partial charge in [0.1, 0.15) is 5.82 Å². The molecule has 0 unspecified atom stereocenters. The number of carbonyl (C=O) groups is 1. The number of nitrogens with zero attached hydrogens (tertiary/aromatic N) is 3. The van der Waals surface area contributed by atoms with Crippen molar-refractivity contribution in [2.24, 2.45) is 5.92 Å². The first-order valence-corrected chi connectivity index (χ1v) is 6.67. The molecule has 1 aliphatic rings. The number of aromatic nitrogens is 2. The number of ether oxygens (including phenoxy) is 1. The fourth-order valence-corrected chi connectivity index (χ4v) is 2.79. The summed E-state index contributed by atoms with van der Waals surface area (Å²) in [6.07, 6.45) is 2.55. The van der Waals surface area contributed by atoms with Crippen LogP contribution in [-0.4, -0.2) is 35.5 Å². The molecular weight excluding hydrogens is 238 g/mol. The smallest absolute Gasteiger partial charge is 0.308 e. The van der Waals surface area contributed by atoms with Crippen LogP contribution in [0.2, 0.25) is 0 Å². The minimum absolute atomic E-state index is 0.0508. The van der Waals surface area contributed by atoms with Gasteiger partial charge in [0.2, 0.25) is 5.13 Å². The highest BCUT2D eigenvalue weighted by atomic mass is 32.1. The van der Waals surface area contributed by atoms with E-state index < -0.39 is 0 Å². The van der Waals surface area contributed by atoms with Gasteiger partial charge < -0.3 is 9.64 Å². The van der Waals surface area contributed by atoms with E-state index in [1.807, 2.05) is 0 Å². The van der Waals surface area contributed by atoms with Crippen molar-refractivity contribution >= 4 is 22.6 Å². The standard InChI is InChI=1S/C11H17N3O2S/c1-3-9-12-11(17-13-9)14-6-4-8(5-7-14)10(15)16-2/h8H,3-7H2,1-2H3. The lowest BCUT2D eigenvalue weighted by atomic mass is 9.97. The summed E-state index contributed by atoms with van der Waals surface area (Å²) < 4.78 is 9.05. The Morgan fingerprint density at radius 1 is 1.53 bits per heavy atom.